The maximum atomic E-state index is 13.5. The second-order valence-electron chi connectivity index (χ2n) is 8.11. The highest BCUT2D eigenvalue weighted by molar-refractivity contribution is 6.30. The zero-order valence-electron chi connectivity index (χ0n) is 20.1. The molecule has 3 aromatic carbocycles. The summed E-state index contributed by atoms with van der Waals surface area (Å²) in [5, 5.41) is 3.57. The fourth-order valence-corrected chi connectivity index (χ4v) is 3.73. The SMILES string of the molecule is CCCNC(=O)[C@@H](Cc1ccccc1)N(Cc1ccc(Cl)cc1)C(=O)COc1ccc(OC)cc1. The fraction of sp³-hybridized carbons (Fsp3) is 0.286. The van der Waals surface area contributed by atoms with Crippen molar-refractivity contribution in [2.75, 3.05) is 20.3 Å². The maximum absolute atomic E-state index is 13.5. The van der Waals surface area contributed by atoms with E-state index < -0.39 is 6.04 Å². The number of halogens is 1. The molecule has 3 aromatic rings. The molecule has 0 radical (unpaired) electrons. The number of nitrogens with one attached hydrogen (secondary N) is 1. The fourth-order valence-electron chi connectivity index (χ4n) is 3.61. The molecule has 2 amide bonds. The van der Waals surface area contributed by atoms with E-state index in [4.69, 9.17) is 21.1 Å². The summed E-state index contributed by atoms with van der Waals surface area (Å²) in [6.07, 6.45) is 1.19. The molecule has 1 atom stereocenters. The van der Waals surface area contributed by atoms with E-state index in [1.165, 1.54) is 0 Å². The molecule has 0 unspecified atom stereocenters. The van der Waals surface area contributed by atoms with Gasteiger partial charge in [0.25, 0.3) is 5.91 Å². The number of rotatable bonds is 12. The van der Waals surface area contributed by atoms with Crippen LogP contribution in [0.2, 0.25) is 5.02 Å². The van der Waals surface area contributed by atoms with Crippen LogP contribution in [0.5, 0.6) is 11.5 Å². The van der Waals surface area contributed by atoms with Crippen molar-refractivity contribution in [2.24, 2.45) is 0 Å². The number of nitrogens with zero attached hydrogens (tertiary/aromatic N) is 1. The average molecular weight is 495 g/mol. The smallest absolute Gasteiger partial charge is 0.261 e. The summed E-state index contributed by atoms with van der Waals surface area (Å²) in [7, 11) is 1.59. The second-order valence-corrected chi connectivity index (χ2v) is 8.55. The van der Waals surface area contributed by atoms with Crippen molar-refractivity contribution in [3.63, 3.8) is 0 Å². The van der Waals surface area contributed by atoms with Crippen LogP contribution in [0.3, 0.4) is 0 Å². The van der Waals surface area contributed by atoms with Crippen LogP contribution >= 0.6 is 11.6 Å². The number of carbonyl (C=O) groups excluding carboxylic acids is 2. The first kappa shape index (κ1) is 26.1. The standard InChI is InChI=1S/C28H31ClN2O4/c1-3-17-30-28(33)26(18-21-7-5-4-6-8-21)31(19-22-9-11-23(29)12-10-22)27(32)20-35-25-15-13-24(34-2)14-16-25/h4-16,26H,3,17-20H2,1-2H3,(H,30,33)/t26-/m1/s1. The maximum Gasteiger partial charge on any atom is 0.261 e. The highest BCUT2D eigenvalue weighted by Crippen LogP contribution is 2.19. The molecule has 0 aliphatic heterocycles. The van der Waals surface area contributed by atoms with E-state index in [0.717, 1.165) is 17.5 Å². The lowest BCUT2D eigenvalue weighted by Gasteiger charge is -2.31. The lowest BCUT2D eigenvalue weighted by molar-refractivity contribution is -0.142. The predicted molar refractivity (Wildman–Crippen MR) is 138 cm³/mol. The predicted octanol–water partition coefficient (Wildman–Crippen LogP) is 4.89. The van der Waals surface area contributed by atoms with Gasteiger partial charge in [-0.1, -0.05) is 61.0 Å². The summed E-state index contributed by atoms with van der Waals surface area (Å²) in [6.45, 7) is 2.58. The van der Waals surface area contributed by atoms with Gasteiger partial charge in [0.05, 0.1) is 7.11 Å². The van der Waals surface area contributed by atoms with Crippen LogP contribution in [0, 0.1) is 0 Å². The molecule has 0 heterocycles. The number of methoxy groups -OCH3 is 1. The minimum Gasteiger partial charge on any atom is -0.497 e. The summed E-state index contributed by atoms with van der Waals surface area (Å²) in [5.41, 5.74) is 1.84. The zero-order chi connectivity index (χ0) is 25.0. The molecule has 0 aliphatic rings. The molecule has 1 N–H and O–H groups in total. The van der Waals surface area contributed by atoms with Gasteiger partial charge in [0, 0.05) is 24.5 Å². The molecule has 0 spiro atoms. The molecule has 0 bridgehead atoms. The van der Waals surface area contributed by atoms with Gasteiger partial charge >= 0.3 is 0 Å². The number of amides is 2. The summed E-state index contributed by atoms with van der Waals surface area (Å²) in [6, 6.07) is 23.3. The molecule has 6 nitrogen and oxygen atoms in total. The number of benzene rings is 3. The third-order valence-corrected chi connectivity index (χ3v) is 5.76. The van der Waals surface area contributed by atoms with Crippen LogP contribution in [0.4, 0.5) is 0 Å². The van der Waals surface area contributed by atoms with Gasteiger partial charge < -0.3 is 19.7 Å². The van der Waals surface area contributed by atoms with Crippen LogP contribution in [-0.4, -0.2) is 43.0 Å². The number of hydrogen-bond donors (Lipinski definition) is 1. The van der Waals surface area contributed by atoms with E-state index in [9.17, 15) is 9.59 Å². The van der Waals surface area contributed by atoms with E-state index in [0.29, 0.717) is 29.5 Å². The molecule has 0 fully saturated rings. The number of hydrogen-bond acceptors (Lipinski definition) is 4. The van der Waals surface area contributed by atoms with Crippen LogP contribution in [-0.2, 0) is 22.6 Å². The minimum absolute atomic E-state index is 0.192. The van der Waals surface area contributed by atoms with Crippen molar-refractivity contribution in [2.45, 2.75) is 32.4 Å². The van der Waals surface area contributed by atoms with Crippen molar-refractivity contribution in [1.82, 2.24) is 10.2 Å². The monoisotopic (exact) mass is 494 g/mol. The average Bonchev–Trinajstić information content (AvgIpc) is 2.89. The topological polar surface area (TPSA) is 67.9 Å². The van der Waals surface area contributed by atoms with Crippen LogP contribution < -0.4 is 14.8 Å². The molecule has 0 aromatic heterocycles. The van der Waals surface area contributed by atoms with Gasteiger partial charge in [-0.2, -0.15) is 0 Å². The van der Waals surface area contributed by atoms with Crippen molar-refractivity contribution in [3.05, 3.63) is 95.0 Å². The van der Waals surface area contributed by atoms with Crippen LogP contribution in [0.15, 0.2) is 78.9 Å². The molecular weight excluding hydrogens is 464 g/mol. The third kappa shape index (κ3) is 8.04. The number of carbonyl (C=O) groups is 2. The zero-order valence-corrected chi connectivity index (χ0v) is 20.8. The Labute approximate surface area is 211 Å². The molecular formula is C28H31ClN2O4. The Morgan fingerprint density at radius 1 is 0.914 bits per heavy atom. The lowest BCUT2D eigenvalue weighted by Crippen LogP contribution is -2.51. The molecule has 3 rings (SSSR count). The van der Waals surface area contributed by atoms with Crippen molar-refractivity contribution in [3.8, 4) is 11.5 Å². The number of ether oxygens (including phenoxy) is 2. The molecule has 0 saturated carbocycles. The summed E-state index contributed by atoms with van der Waals surface area (Å²) >= 11 is 6.05. The third-order valence-electron chi connectivity index (χ3n) is 5.51. The Hall–Kier alpha value is -3.51. The molecule has 184 valence electrons. The van der Waals surface area contributed by atoms with Crippen LogP contribution in [0.25, 0.3) is 0 Å². The Kier molecular flexibility index (Phi) is 9.99. The summed E-state index contributed by atoms with van der Waals surface area (Å²) in [5.74, 6) is 0.759. The molecule has 0 aliphatic carbocycles. The van der Waals surface area contributed by atoms with E-state index in [1.807, 2.05) is 49.4 Å². The van der Waals surface area contributed by atoms with Crippen LogP contribution in [0.1, 0.15) is 24.5 Å². The Balaban J connectivity index is 1.86. The Morgan fingerprint density at radius 2 is 1.57 bits per heavy atom. The second kappa shape index (κ2) is 13.4. The molecule has 0 saturated heterocycles. The Morgan fingerprint density at radius 3 is 2.20 bits per heavy atom. The normalized spacial score (nSPS) is 11.4. The first-order valence-electron chi connectivity index (χ1n) is 11.6. The summed E-state index contributed by atoms with van der Waals surface area (Å²) < 4.78 is 10.9. The van der Waals surface area contributed by atoms with Gasteiger partial charge in [-0.15, -0.1) is 0 Å². The quantitative estimate of drug-likeness (QED) is 0.389. The van der Waals surface area contributed by atoms with E-state index in [1.54, 1.807) is 48.4 Å². The van der Waals surface area contributed by atoms with E-state index >= 15 is 0 Å². The van der Waals surface area contributed by atoms with E-state index in [-0.39, 0.29) is 25.0 Å². The Bertz CT molecular complexity index is 1070. The van der Waals surface area contributed by atoms with Gasteiger partial charge in [-0.3, -0.25) is 9.59 Å². The van der Waals surface area contributed by atoms with Crippen molar-refractivity contribution >= 4 is 23.4 Å². The minimum atomic E-state index is -0.702. The first-order chi connectivity index (χ1) is 17.0. The highest BCUT2D eigenvalue weighted by atomic mass is 35.5. The molecule has 35 heavy (non-hydrogen) atoms. The van der Waals surface area contributed by atoms with Gasteiger partial charge in [0.2, 0.25) is 5.91 Å². The summed E-state index contributed by atoms with van der Waals surface area (Å²) in [4.78, 5) is 28.3. The highest BCUT2D eigenvalue weighted by Gasteiger charge is 2.30. The van der Waals surface area contributed by atoms with Gasteiger partial charge in [0.15, 0.2) is 6.61 Å². The van der Waals surface area contributed by atoms with Crippen molar-refractivity contribution < 1.29 is 19.1 Å². The van der Waals surface area contributed by atoms with Gasteiger partial charge in [-0.25, -0.2) is 0 Å². The largest absolute Gasteiger partial charge is 0.497 e. The van der Waals surface area contributed by atoms with Gasteiger partial charge in [-0.05, 0) is 53.9 Å². The van der Waals surface area contributed by atoms with Gasteiger partial charge in [0.1, 0.15) is 17.5 Å². The van der Waals surface area contributed by atoms with Crippen molar-refractivity contribution in [1.29, 1.82) is 0 Å². The molecule has 7 heteroatoms. The van der Waals surface area contributed by atoms with E-state index in [2.05, 4.69) is 5.32 Å². The lowest BCUT2D eigenvalue weighted by atomic mass is 10.0. The first-order valence-corrected chi connectivity index (χ1v) is 12.0.